The van der Waals surface area contributed by atoms with E-state index in [9.17, 15) is 9.50 Å². The van der Waals surface area contributed by atoms with Crippen LogP contribution in [0.1, 0.15) is 19.4 Å². The van der Waals surface area contributed by atoms with Crippen molar-refractivity contribution in [3.8, 4) is 28.7 Å². The van der Waals surface area contributed by atoms with Gasteiger partial charge in [-0.2, -0.15) is 4.98 Å². The standard InChI is InChI=1S/C22H21FN4O3/c1-22(2,28)13-5-8-19-18(9-13)25-12-27(19)14-6-7-17(23)15(10-14)16-11-24-21(30-4)26-20(16)29-3/h5-12,28H,1-4H3. The van der Waals surface area contributed by atoms with E-state index in [1.807, 2.05) is 22.8 Å². The SMILES string of the molecule is COc1ncc(-c2cc(-n3cnc4cc(C(C)(C)O)ccc43)ccc2F)c(OC)n1. The van der Waals surface area contributed by atoms with Crippen molar-refractivity contribution in [2.75, 3.05) is 14.2 Å². The number of fused-ring (bicyclic) bond motifs is 1. The van der Waals surface area contributed by atoms with Gasteiger partial charge in [0.2, 0.25) is 5.88 Å². The predicted octanol–water partition coefficient (Wildman–Crippen LogP) is 3.87. The molecule has 154 valence electrons. The molecular formula is C22H21FN4O3. The lowest BCUT2D eigenvalue weighted by Crippen LogP contribution is -2.15. The second-order valence-corrected chi connectivity index (χ2v) is 7.32. The van der Waals surface area contributed by atoms with E-state index in [1.54, 1.807) is 32.3 Å². The minimum atomic E-state index is -0.966. The van der Waals surface area contributed by atoms with Gasteiger partial charge in [0.15, 0.2) is 0 Å². The zero-order chi connectivity index (χ0) is 21.5. The molecule has 0 saturated carbocycles. The van der Waals surface area contributed by atoms with Crippen LogP contribution in [0, 0.1) is 5.82 Å². The molecule has 0 radical (unpaired) electrons. The Hall–Kier alpha value is -3.52. The number of hydrogen-bond acceptors (Lipinski definition) is 6. The molecule has 0 fully saturated rings. The van der Waals surface area contributed by atoms with Crippen LogP contribution in [0.25, 0.3) is 27.8 Å². The van der Waals surface area contributed by atoms with Crippen LogP contribution < -0.4 is 9.47 Å². The summed E-state index contributed by atoms with van der Waals surface area (Å²) in [6, 6.07) is 10.5. The Balaban J connectivity index is 1.83. The summed E-state index contributed by atoms with van der Waals surface area (Å²) in [4.78, 5) is 12.7. The van der Waals surface area contributed by atoms with Gasteiger partial charge in [-0.15, -0.1) is 0 Å². The lowest BCUT2D eigenvalue weighted by molar-refractivity contribution is 0.0787. The van der Waals surface area contributed by atoms with Crippen molar-refractivity contribution in [2.45, 2.75) is 19.4 Å². The summed E-state index contributed by atoms with van der Waals surface area (Å²) < 4.78 is 26.9. The molecule has 4 aromatic rings. The highest BCUT2D eigenvalue weighted by atomic mass is 19.1. The maximum atomic E-state index is 14.7. The number of rotatable bonds is 5. The molecule has 0 aliphatic rings. The molecule has 30 heavy (non-hydrogen) atoms. The Morgan fingerprint density at radius 3 is 2.50 bits per heavy atom. The number of aromatic nitrogens is 4. The van der Waals surface area contributed by atoms with Crippen LogP contribution in [0.5, 0.6) is 11.9 Å². The van der Waals surface area contributed by atoms with Crippen LogP contribution in [-0.4, -0.2) is 38.8 Å². The number of halogens is 1. The van der Waals surface area contributed by atoms with Gasteiger partial charge < -0.3 is 14.6 Å². The molecule has 7 nitrogen and oxygen atoms in total. The number of methoxy groups -OCH3 is 2. The first-order chi connectivity index (χ1) is 14.3. The zero-order valence-electron chi connectivity index (χ0n) is 17.0. The lowest BCUT2D eigenvalue weighted by Gasteiger charge is -2.17. The number of ether oxygens (including phenoxy) is 2. The summed E-state index contributed by atoms with van der Waals surface area (Å²) in [7, 11) is 2.90. The second-order valence-electron chi connectivity index (χ2n) is 7.32. The van der Waals surface area contributed by atoms with Crippen LogP contribution in [0.2, 0.25) is 0 Å². The molecule has 1 N–H and O–H groups in total. The summed E-state index contributed by atoms with van der Waals surface area (Å²) in [6.45, 7) is 3.45. The summed E-state index contributed by atoms with van der Waals surface area (Å²) in [5.41, 5.74) is 2.77. The van der Waals surface area contributed by atoms with Crippen molar-refractivity contribution >= 4 is 11.0 Å². The van der Waals surface area contributed by atoms with Crippen molar-refractivity contribution in [3.05, 3.63) is 60.3 Å². The number of benzene rings is 2. The van der Waals surface area contributed by atoms with E-state index in [4.69, 9.17) is 9.47 Å². The van der Waals surface area contributed by atoms with Gasteiger partial charge in [-0.3, -0.25) is 4.57 Å². The normalized spacial score (nSPS) is 11.7. The Bertz CT molecular complexity index is 1230. The first-order valence-electron chi connectivity index (χ1n) is 9.27. The van der Waals surface area contributed by atoms with Crippen LogP contribution >= 0.6 is 0 Å². The third-order valence-corrected chi connectivity index (χ3v) is 4.88. The topological polar surface area (TPSA) is 82.3 Å². The van der Waals surface area contributed by atoms with E-state index in [0.29, 0.717) is 16.8 Å². The van der Waals surface area contributed by atoms with Gasteiger partial charge in [0.25, 0.3) is 0 Å². The molecule has 2 aromatic carbocycles. The van der Waals surface area contributed by atoms with E-state index >= 15 is 0 Å². The average molecular weight is 408 g/mol. The van der Waals surface area contributed by atoms with Crippen molar-refractivity contribution in [2.24, 2.45) is 0 Å². The lowest BCUT2D eigenvalue weighted by atomic mass is 9.98. The number of hydrogen-bond donors (Lipinski definition) is 1. The molecule has 0 unspecified atom stereocenters. The van der Waals surface area contributed by atoms with Gasteiger partial charge >= 0.3 is 6.01 Å². The maximum Gasteiger partial charge on any atom is 0.319 e. The fourth-order valence-electron chi connectivity index (χ4n) is 3.26. The zero-order valence-corrected chi connectivity index (χ0v) is 17.0. The largest absolute Gasteiger partial charge is 0.480 e. The Morgan fingerprint density at radius 1 is 1.00 bits per heavy atom. The first kappa shape index (κ1) is 19.8. The smallest absolute Gasteiger partial charge is 0.319 e. The quantitative estimate of drug-likeness (QED) is 0.540. The molecule has 2 heterocycles. The van der Waals surface area contributed by atoms with Crippen molar-refractivity contribution in [3.63, 3.8) is 0 Å². The maximum absolute atomic E-state index is 14.7. The highest BCUT2D eigenvalue weighted by Gasteiger charge is 2.19. The van der Waals surface area contributed by atoms with Crippen LogP contribution in [0.15, 0.2) is 48.9 Å². The molecule has 0 aliphatic heterocycles. The second kappa shape index (κ2) is 7.38. The minimum absolute atomic E-state index is 0.135. The highest BCUT2D eigenvalue weighted by Crippen LogP contribution is 2.33. The molecule has 0 spiro atoms. The molecule has 0 bridgehead atoms. The van der Waals surface area contributed by atoms with Gasteiger partial charge in [-0.05, 0) is 49.7 Å². The molecular weight excluding hydrogens is 387 g/mol. The molecule has 0 aliphatic carbocycles. The van der Waals surface area contributed by atoms with Crippen LogP contribution in [0.4, 0.5) is 4.39 Å². The molecule has 4 rings (SSSR count). The third-order valence-electron chi connectivity index (χ3n) is 4.88. The molecule has 2 aromatic heterocycles. The summed E-state index contributed by atoms with van der Waals surface area (Å²) in [5.74, 6) is -0.220. The predicted molar refractivity (Wildman–Crippen MR) is 110 cm³/mol. The minimum Gasteiger partial charge on any atom is -0.480 e. The fraction of sp³-hybridized carbons (Fsp3) is 0.227. The summed E-state index contributed by atoms with van der Waals surface area (Å²) in [6.07, 6.45) is 3.13. The third kappa shape index (κ3) is 3.46. The first-order valence-corrected chi connectivity index (χ1v) is 9.27. The van der Waals surface area contributed by atoms with Gasteiger partial charge in [-0.25, -0.2) is 14.4 Å². The molecule has 0 atom stereocenters. The number of imidazole rings is 1. The Labute approximate surface area is 172 Å². The molecule has 0 saturated heterocycles. The number of aliphatic hydroxyl groups is 1. The highest BCUT2D eigenvalue weighted by molar-refractivity contribution is 5.79. The fourth-order valence-corrected chi connectivity index (χ4v) is 3.26. The van der Waals surface area contributed by atoms with Crippen LogP contribution in [-0.2, 0) is 5.60 Å². The van der Waals surface area contributed by atoms with Crippen LogP contribution in [0.3, 0.4) is 0 Å². The van der Waals surface area contributed by atoms with E-state index in [-0.39, 0.29) is 11.9 Å². The summed E-state index contributed by atoms with van der Waals surface area (Å²) in [5, 5.41) is 10.2. The van der Waals surface area contributed by atoms with Crippen molar-refractivity contribution in [1.29, 1.82) is 0 Å². The average Bonchev–Trinajstić information content (AvgIpc) is 3.16. The van der Waals surface area contributed by atoms with Gasteiger partial charge in [0.05, 0.1) is 36.4 Å². The van der Waals surface area contributed by atoms with Gasteiger partial charge in [0.1, 0.15) is 12.1 Å². The van der Waals surface area contributed by atoms with E-state index in [2.05, 4.69) is 15.0 Å². The van der Waals surface area contributed by atoms with Gasteiger partial charge in [-0.1, -0.05) is 6.07 Å². The van der Waals surface area contributed by atoms with E-state index < -0.39 is 11.4 Å². The molecule has 8 heteroatoms. The monoisotopic (exact) mass is 408 g/mol. The Morgan fingerprint density at radius 2 is 1.80 bits per heavy atom. The van der Waals surface area contributed by atoms with E-state index in [0.717, 1.165) is 16.6 Å². The van der Waals surface area contributed by atoms with Crippen molar-refractivity contribution in [1.82, 2.24) is 19.5 Å². The Kier molecular flexibility index (Phi) is 4.87. The van der Waals surface area contributed by atoms with Gasteiger partial charge in [0, 0.05) is 17.4 Å². The number of nitrogens with zero attached hydrogens (tertiary/aromatic N) is 4. The van der Waals surface area contributed by atoms with Crippen molar-refractivity contribution < 1.29 is 19.0 Å². The summed E-state index contributed by atoms with van der Waals surface area (Å²) >= 11 is 0. The van der Waals surface area contributed by atoms with E-state index in [1.165, 1.54) is 26.5 Å². The molecule has 0 amide bonds.